The Kier molecular flexibility index (Phi) is 11.2. The Hall–Kier alpha value is -6.94. The minimum atomic E-state index is 1.17. The first-order chi connectivity index (χ1) is 32.1. The molecule has 10 aromatic carbocycles. The third-order valence-corrected chi connectivity index (χ3v) is 13.5. The SMILES string of the molecule is Ic1ccc(-c2cccc(I)c2)cc1.c1cc(-c2ccc(-n3c4ccccc4c4ccccc43)cc2)cc(-n2c3ccccc3c3ccccc32)c1.c1ccc2c(c1)[nH]c1ccccc12. The van der Waals surface area contributed by atoms with Crippen LogP contribution < -0.4 is 0 Å². The molecule has 13 rings (SSSR count). The van der Waals surface area contributed by atoms with E-state index in [1.54, 1.807) is 0 Å². The van der Waals surface area contributed by atoms with Gasteiger partial charge in [-0.3, -0.25) is 0 Å². The quantitative estimate of drug-likeness (QED) is 0.170. The summed E-state index contributed by atoms with van der Waals surface area (Å²) >= 11 is 4.66. The molecule has 0 unspecified atom stereocenters. The molecule has 1 N–H and O–H groups in total. The van der Waals surface area contributed by atoms with Crippen molar-refractivity contribution in [2.24, 2.45) is 0 Å². The van der Waals surface area contributed by atoms with E-state index in [2.05, 4.69) is 302 Å². The molecule has 310 valence electrons. The molecular weight excluding hydrogens is 1020 g/mol. The first-order valence-corrected chi connectivity index (χ1v) is 23.9. The van der Waals surface area contributed by atoms with E-state index in [4.69, 9.17) is 0 Å². The number of aromatic amines is 1. The average Bonchev–Trinajstić information content (AvgIpc) is 4.03. The zero-order valence-electron chi connectivity index (χ0n) is 35.2. The Balaban J connectivity index is 0.000000141. The van der Waals surface area contributed by atoms with Gasteiger partial charge >= 0.3 is 0 Å². The van der Waals surface area contributed by atoms with E-state index in [0.717, 1.165) is 0 Å². The molecule has 5 heteroatoms. The molecule has 0 amide bonds. The van der Waals surface area contributed by atoms with Gasteiger partial charge in [-0.2, -0.15) is 0 Å². The van der Waals surface area contributed by atoms with Gasteiger partial charge in [-0.25, -0.2) is 0 Å². The van der Waals surface area contributed by atoms with Gasteiger partial charge in [-0.15, -0.1) is 0 Å². The fourth-order valence-corrected chi connectivity index (χ4v) is 10.0. The van der Waals surface area contributed by atoms with Crippen molar-refractivity contribution in [1.82, 2.24) is 14.1 Å². The lowest BCUT2D eigenvalue weighted by atomic mass is 10.0. The molecule has 0 bridgehead atoms. The smallest absolute Gasteiger partial charge is 0.0541 e. The summed E-state index contributed by atoms with van der Waals surface area (Å²) in [6, 6.07) is 86.3. The number of hydrogen-bond donors (Lipinski definition) is 1. The van der Waals surface area contributed by atoms with Crippen molar-refractivity contribution in [3.63, 3.8) is 0 Å². The number of benzene rings is 10. The summed E-state index contributed by atoms with van der Waals surface area (Å²) in [4.78, 5) is 3.38. The first kappa shape index (κ1) is 40.8. The van der Waals surface area contributed by atoms with Crippen LogP contribution in [0.15, 0.2) is 243 Å². The number of aromatic nitrogens is 3. The van der Waals surface area contributed by atoms with Crippen LogP contribution in [0, 0.1) is 7.14 Å². The second-order valence-corrected chi connectivity index (χ2v) is 18.6. The molecule has 65 heavy (non-hydrogen) atoms. The minimum Gasteiger partial charge on any atom is -0.355 e. The lowest BCUT2D eigenvalue weighted by molar-refractivity contribution is 1.18. The molecule has 0 aliphatic heterocycles. The number of rotatable bonds is 4. The van der Waals surface area contributed by atoms with E-state index in [1.165, 1.54) is 106 Å². The zero-order valence-corrected chi connectivity index (χ0v) is 39.6. The van der Waals surface area contributed by atoms with E-state index < -0.39 is 0 Å². The van der Waals surface area contributed by atoms with Gasteiger partial charge in [0.15, 0.2) is 0 Å². The van der Waals surface area contributed by atoms with Gasteiger partial charge in [0.25, 0.3) is 0 Å². The van der Waals surface area contributed by atoms with Crippen LogP contribution >= 0.6 is 45.2 Å². The molecule has 0 fully saturated rings. The molecular formula is C60H41I2N3. The maximum atomic E-state index is 3.38. The predicted octanol–water partition coefficient (Wildman–Crippen LogP) is 17.4. The highest BCUT2D eigenvalue weighted by atomic mass is 127. The summed E-state index contributed by atoms with van der Waals surface area (Å²) < 4.78 is 7.29. The van der Waals surface area contributed by atoms with E-state index in [9.17, 15) is 0 Å². The van der Waals surface area contributed by atoms with Gasteiger partial charge in [0, 0.05) is 61.9 Å². The molecule has 0 saturated heterocycles. The van der Waals surface area contributed by atoms with Crippen LogP contribution in [0.25, 0.3) is 99.0 Å². The maximum Gasteiger partial charge on any atom is 0.0541 e. The van der Waals surface area contributed by atoms with Crippen molar-refractivity contribution >= 4 is 111 Å². The van der Waals surface area contributed by atoms with E-state index >= 15 is 0 Å². The maximum absolute atomic E-state index is 3.38. The van der Waals surface area contributed by atoms with Gasteiger partial charge in [0.05, 0.1) is 22.1 Å². The molecule has 0 radical (unpaired) electrons. The van der Waals surface area contributed by atoms with Gasteiger partial charge in [0.1, 0.15) is 0 Å². The summed E-state index contributed by atoms with van der Waals surface area (Å²) in [7, 11) is 0. The van der Waals surface area contributed by atoms with Crippen molar-refractivity contribution in [1.29, 1.82) is 0 Å². The fourth-order valence-electron chi connectivity index (χ4n) is 9.14. The number of para-hydroxylation sites is 6. The summed E-state index contributed by atoms with van der Waals surface area (Å²) in [5.41, 5.74) is 14.7. The van der Waals surface area contributed by atoms with Gasteiger partial charge < -0.3 is 14.1 Å². The monoisotopic (exact) mass is 1060 g/mol. The van der Waals surface area contributed by atoms with Crippen molar-refractivity contribution < 1.29 is 0 Å². The molecule has 3 heterocycles. The normalized spacial score (nSPS) is 11.2. The van der Waals surface area contributed by atoms with Gasteiger partial charge in [0.2, 0.25) is 0 Å². The standard InChI is InChI=1S/C36H24N2.C12H8I2.C12H9N/c1-5-16-33-29(12-1)30-13-2-6-17-34(30)37(33)27-22-20-25(21-23-27)26-10-9-11-28(24-26)38-35-18-7-3-14-31(35)32-15-4-8-19-36(32)38;13-11-6-4-9(5-7-11)10-2-1-3-12(14)8-10;1-3-7-11-9(5-1)10-6-2-4-8-12(10)13-11/h1-24H;1-8H;1-8,13H. The van der Waals surface area contributed by atoms with E-state index in [-0.39, 0.29) is 0 Å². The summed E-state index contributed by atoms with van der Waals surface area (Å²) in [6.45, 7) is 0. The first-order valence-electron chi connectivity index (χ1n) is 21.7. The molecule has 0 spiro atoms. The number of nitrogens with one attached hydrogen (secondary N) is 1. The van der Waals surface area contributed by atoms with Crippen LogP contribution in [0.2, 0.25) is 0 Å². The zero-order chi connectivity index (χ0) is 43.7. The Morgan fingerprint density at radius 1 is 0.262 bits per heavy atom. The molecule has 0 aliphatic rings. The second-order valence-electron chi connectivity index (χ2n) is 16.1. The van der Waals surface area contributed by atoms with Crippen LogP contribution in [0.3, 0.4) is 0 Å². The third-order valence-electron chi connectivity index (χ3n) is 12.1. The number of H-pyrrole nitrogens is 1. The Labute approximate surface area is 404 Å². The van der Waals surface area contributed by atoms with Crippen molar-refractivity contribution in [3.8, 4) is 33.6 Å². The van der Waals surface area contributed by atoms with Gasteiger partial charge in [-0.1, -0.05) is 158 Å². The summed E-state index contributed by atoms with van der Waals surface area (Å²) in [6.07, 6.45) is 0. The molecule has 13 aromatic rings. The topological polar surface area (TPSA) is 25.6 Å². The highest BCUT2D eigenvalue weighted by molar-refractivity contribution is 14.1. The summed E-state index contributed by atoms with van der Waals surface area (Å²) in [5.74, 6) is 0. The lowest BCUT2D eigenvalue weighted by Gasteiger charge is -2.12. The number of nitrogens with zero attached hydrogens (tertiary/aromatic N) is 2. The largest absolute Gasteiger partial charge is 0.355 e. The summed E-state index contributed by atoms with van der Waals surface area (Å²) in [5, 5.41) is 7.74. The van der Waals surface area contributed by atoms with E-state index in [1.807, 2.05) is 0 Å². The molecule has 3 aromatic heterocycles. The molecule has 3 nitrogen and oxygen atoms in total. The fraction of sp³-hybridized carbons (Fsp3) is 0. The highest BCUT2D eigenvalue weighted by Gasteiger charge is 2.14. The van der Waals surface area contributed by atoms with Crippen molar-refractivity contribution in [2.45, 2.75) is 0 Å². The average molecular weight is 1060 g/mol. The van der Waals surface area contributed by atoms with Crippen LogP contribution in [0.4, 0.5) is 0 Å². The van der Waals surface area contributed by atoms with E-state index in [0.29, 0.717) is 0 Å². The molecule has 0 atom stereocenters. The number of fused-ring (bicyclic) bond motifs is 9. The number of hydrogen-bond acceptors (Lipinski definition) is 0. The minimum absolute atomic E-state index is 1.17. The predicted molar refractivity (Wildman–Crippen MR) is 294 cm³/mol. The lowest BCUT2D eigenvalue weighted by Crippen LogP contribution is -1.95. The second kappa shape index (κ2) is 17.9. The van der Waals surface area contributed by atoms with Crippen LogP contribution in [-0.4, -0.2) is 14.1 Å². The van der Waals surface area contributed by atoms with Crippen molar-refractivity contribution in [2.75, 3.05) is 0 Å². The Bertz CT molecular complexity index is 3640. The van der Waals surface area contributed by atoms with Crippen LogP contribution in [0.1, 0.15) is 0 Å². The highest BCUT2D eigenvalue weighted by Crippen LogP contribution is 2.35. The Morgan fingerprint density at radius 3 is 1.12 bits per heavy atom. The van der Waals surface area contributed by atoms with Crippen LogP contribution in [0.5, 0.6) is 0 Å². The van der Waals surface area contributed by atoms with Gasteiger partial charge in [-0.05, 0) is 152 Å². The van der Waals surface area contributed by atoms with Crippen LogP contribution in [-0.2, 0) is 0 Å². The molecule has 0 saturated carbocycles. The molecule has 0 aliphatic carbocycles. The third kappa shape index (κ3) is 8.00. The Morgan fingerprint density at radius 2 is 0.646 bits per heavy atom. The number of halogens is 2. The van der Waals surface area contributed by atoms with Crippen molar-refractivity contribution in [3.05, 3.63) is 250 Å².